The number of alkyl halides is 3. The fourth-order valence-corrected chi connectivity index (χ4v) is 1.59. The summed E-state index contributed by atoms with van der Waals surface area (Å²) in [5.41, 5.74) is 0.285. The molecule has 7 heteroatoms. The molecule has 0 spiro atoms. The maximum atomic E-state index is 12.1. The largest absolute Gasteiger partial charge is 0.489 e. The van der Waals surface area contributed by atoms with E-state index in [9.17, 15) is 18.0 Å². The molecule has 0 unspecified atom stereocenters. The molecule has 0 atom stereocenters. The van der Waals surface area contributed by atoms with Gasteiger partial charge in [-0.2, -0.15) is 13.2 Å². The number of hydrogen-bond donors (Lipinski definition) is 0. The van der Waals surface area contributed by atoms with Gasteiger partial charge in [0.05, 0.1) is 12.7 Å². The summed E-state index contributed by atoms with van der Waals surface area (Å²) in [5.74, 6) is -0.614. The van der Waals surface area contributed by atoms with Crippen molar-refractivity contribution in [1.29, 1.82) is 0 Å². The van der Waals surface area contributed by atoms with Gasteiger partial charge < -0.3 is 9.64 Å². The highest BCUT2D eigenvalue weighted by molar-refractivity contribution is 5.95. The first kappa shape index (κ1) is 11.7. The topological polar surface area (TPSA) is 42.4 Å². The van der Waals surface area contributed by atoms with Crippen LogP contribution >= 0.6 is 0 Å². The first-order valence-electron chi connectivity index (χ1n) is 4.91. The lowest BCUT2D eigenvalue weighted by Crippen LogP contribution is -2.40. The summed E-state index contributed by atoms with van der Waals surface area (Å²) < 4.78 is 41.6. The summed E-state index contributed by atoms with van der Waals surface area (Å²) in [5, 5.41) is 0. The number of fused-ring (bicyclic) bond motifs is 1. The van der Waals surface area contributed by atoms with Gasteiger partial charge in [-0.3, -0.25) is 9.78 Å². The molecule has 1 aliphatic rings. The Bertz CT molecular complexity index is 434. The van der Waals surface area contributed by atoms with Crippen molar-refractivity contribution in [3.05, 3.63) is 18.5 Å². The normalized spacial score (nSPS) is 15.1. The van der Waals surface area contributed by atoms with Crippen LogP contribution in [0.5, 0.6) is 5.75 Å². The third kappa shape index (κ3) is 2.66. The van der Waals surface area contributed by atoms with Crippen LogP contribution in [0.2, 0.25) is 0 Å². The van der Waals surface area contributed by atoms with E-state index in [1.54, 1.807) is 0 Å². The SMILES string of the molecule is O=C(CC(F)(F)F)N1CCOc2ccncc21. The number of carbonyl (C=O) groups is 1. The lowest BCUT2D eigenvalue weighted by atomic mass is 10.2. The molecule has 1 aliphatic heterocycles. The minimum atomic E-state index is -4.50. The highest BCUT2D eigenvalue weighted by atomic mass is 19.4. The van der Waals surface area contributed by atoms with E-state index in [0.29, 0.717) is 5.75 Å². The number of halogens is 3. The van der Waals surface area contributed by atoms with Gasteiger partial charge in [-0.1, -0.05) is 0 Å². The molecule has 0 fully saturated rings. The zero-order chi connectivity index (χ0) is 12.5. The van der Waals surface area contributed by atoms with E-state index >= 15 is 0 Å². The minimum absolute atomic E-state index is 0.105. The number of pyridine rings is 1. The third-order valence-corrected chi connectivity index (χ3v) is 2.28. The van der Waals surface area contributed by atoms with E-state index in [4.69, 9.17) is 4.74 Å². The molecular formula is C10H9F3N2O2. The third-order valence-electron chi connectivity index (χ3n) is 2.28. The van der Waals surface area contributed by atoms with Crippen molar-refractivity contribution in [2.45, 2.75) is 12.6 Å². The van der Waals surface area contributed by atoms with Crippen LogP contribution in [0.3, 0.4) is 0 Å². The Morgan fingerprint density at radius 2 is 2.29 bits per heavy atom. The number of anilines is 1. The van der Waals surface area contributed by atoms with Gasteiger partial charge in [-0.15, -0.1) is 0 Å². The van der Waals surface area contributed by atoms with Crippen LogP contribution < -0.4 is 9.64 Å². The molecule has 92 valence electrons. The molecule has 4 nitrogen and oxygen atoms in total. The summed E-state index contributed by atoms with van der Waals surface area (Å²) in [7, 11) is 0. The summed E-state index contributed by atoms with van der Waals surface area (Å²) in [6.45, 7) is 0.286. The van der Waals surface area contributed by atoms with Gasteiger partial charge in [0.25, 0.3) is 0 Å². The van der Waals surface area contributed by atoms with Gasteiger partial charge >= 0.3 is 6.18 Å². The minimum Gasteiger partial charge on any atom is -0.489 e. The van der Waals surface area contributed by atoms with Crippen LogP contribution in [-0.4, -0.2) is 30.2 Å². The number of aromatic nitrogens is 1. The molecule has 0 radical (unpaired) electrons. The molecule has 2 rings (SSSR count). The van der Waals surface area contributed by atoms with Crippen LogP contribution in [0.4, 0.5) is 18.9 Å². The van der Waals surface area contributed by atoms with Crippen molar-refractivity contribution in [1.82, 2.24) is 4.98 Å². The predicted molar refractivity (Wildman–Crippen MR) is 52.8 cm³/mol. The van der Waals surface area contributed by atoms with E-state index < -0.39 is 18.5 Å². The molecule has 2 heterocycles. The maximum Gasteiger partial charge on any atom is 0.397 e. The number of hydrogen-bond acceptors (Lipinski definition) is 3. The van der Waals surface area contributed by atoms with Crippen LogP contribution in [0, 0.1) is 0 Å². The fourth-order valence-electron chi connectivity index (χ4n) is 1.59. The molecule has 1 aromatic heterocycles. The molecule has 0 N–H and O–H groups in total. The highest BCUT2D eigenvalue weighted by Crippen LogP contribution is 2.32. The van der Waals surface area contributed by atoms with Crippen molar-refractivity contribution in [2.75, 3.05) is 18.1 Å². The van der Waals surface area contributed by atoms with E-state index in [1.165, 1.54) is 18.5 Å². The van der Waals surface area contributed by atoms with E-state index in [1.807, 2.05) is 0 Å². The number of carbonyl (C=O) groups excluding carboxylic acids is 1. The Morgan fingerprint density at radius 1 is 1.53 bits per heavy atom. The van der Waals surface area contributed by atoms with Crippen molar-refractivity contribution in [2.24, 2.45) is 0 Å². The van der Waals surface area contributed by atoms with Crippen LogP contribution in [0.25, 0.3) is 0 Å². The monoisotopic (exact) mass is 246 g/mol. The van der Waals surface area contributed by atoms with Gasteiger partial charge in [-0.25, -0.2) is 0 Å². The number of rotatable bonds is 1. The Hall–Kier alpha value is -1.79. The quantitative estimate of drug-likeness (QED) is 0.758. The maximum absolute atomic E-state index is 12.1. The average Bonchev–Trinajstić information content (AvgIpc) is 2.26. The fraction of sp³-hybridized carbons (Fsp3) is 0.400. The Labute approximate surface area is 95.0 Å². The van der Waals surface area contributed by atoms with Gasteiger partial charge in [-0.05, 0) is 0 Å². The molecule has 1 aromatic rings. The predicted octanol–water partition coefficient (Wildman–Crippen LogP) is 1.76. The van der Waals surface area contributed by atoms with Crippen LogP contribution in [0.15, 0.2) is 18.5 Å². The zero-order valence-electron chi connectivity index (χ0n) is 8.70. The number of ether oxygens (including phenoxy) is 1. The molecule has 0 saturated heterocycles. The smallest absolute Gasteiger partial charge is 0.397 e. The Morgan fingerprint density at radius 3 is 3.00 bits per heavy atom. The lowest BCUT2D eigenvalue weighted by molar-refractivity contribution is -0.152. The highest BCUT2D eigenvalue weighted by Gasteiger charge is 2.35. The van der Waals surface area contributed by atoms with Crippen LogP contribution in [-0.2, 0) is 4.79 Å². The first-order chi connectivity index (χ1) is 7.97. The van der Waals surface area contributed by atoms with E-state index in [2.05, 4.69) is 4.98 Å². The van der Waals surface area contributed by atoms with Crippen molar-refractivity contribution < 1.29 is 22.7 Å². The second-order valence-corrected chi connectivity index (χ2v) is 3.53. The molecular weight excluding hydrogens is 237 g/mol. The summed E-state index contributed by atoms with van der Waals surface area (Å²) in [6, 6.07) is 1.52. The van der Waals surface area contributed by atoms with Crippen molar-refractivity contribution in [3.63, 3.8) is 0 Å². The molecule has 0 saturated carbocycles. The average molecular weight is 246 g/mol. The molecule has 0 bridgehead atoms. The van der Waals surface area contributed by atoms with Gasteiger partial charge in [0.2, 0.25) is 5.91 Å². The molecule has 0 aromatic carbocycles. The summed E-state index contributed by atoms with van der Waals surface area (Å²) in [4.78, 5) is 16.3. The molecule has 0 aliphatic carbocycles. The second kappa shape index (κ2) is 4.23. The Kier molecular flexibility index (Phi) is 2.91. The van der Waals surface area contributed by atoms with Gasteiger partial charge in [0.1, 0.15) is 24.5 Å². The van der Waals surface area contributed by atoms with Crippen LogP contribution in [0.1, 0.15) is 6.42 Å². The lowest BCUT2D eigenvalue weighted by Gasteiger charge is -2.29. The zero-order valence-corrected chi connectivity index (χ0v) is 8.70. The number of nitrogens with zero attached hydrogens (tertiary/aromatic N) is 2. The molecule has 17 heavy (non-hydrogen) atoms. The molecule has 1 amide bonds. The Balaban J connectivity index is 2.21. The van der Waals surface area contributed by atoms with Gasteiger partial charge in [0.15, 0.2) is 0 Å². The summed E-state index contributed by atoms with van der Waals surface area (Å²) in [6.07, 6.45) is -3.20. The van der Waals surface area contributed by atoms with E-state index in [0.717, 1.165) is 4.90 Å². The van der Waals surface area contributed by atoms with Crippen molar-refractivity contribution in [3.8, 4) is 5.75 Å². The summed E-state index contributed by atoms with van der Waals surface area (Å²) >= 11 is 0. The number of amides is 1. The first-order valence-corrected chi connectivity index (χ1v) is 4.91. The van der Waals surface area contributed by atoms with Crippen molar-refractivity contribution >= 4 is 11.6 Å². The standard InChI is InChI=1S/C10H9F3N2O2/c11-10(12,13)5-9(16)15-3-4-17-8-1-2-14-6-7(8)15/h1-2,6H,3-5H2. The second-order valence-electron chi connectivity index (χ2n) is 3.53. The van der Waals surface area contributed by atoms with E-state index in [-0.39, 0.29) is 18.8 Å². The van der Waals surface area contributed by atoms with Gasteiger partial charge in [0, 0.05) is 12.3 Å².